The molecule has 3 heteroatoms. The van der Waals surface area contributed by atoms with E-state index in [2.05, 4.69) is 5.16 Å². The highest BCUT2D eigenvalue weighted by Gasteiger charge is 2.39. The summed E-state index contributed by atoms with van der Waals surface area (Å²) in [7, 11) is 0. The summed E-state index contributed by atoms with van der Waals surface area (Å²) < 4.78 is 4.88. The SMILES string of the molecule is Nc1cc(C[C@@H]2C[C@@H]3CC[C@@H]2C3)no1. The first-order chi connectivity index (χ1) is 6.81. The highest BCUT2D eigenvalue weighted by Crippen LogP contribution is 2.49. The first-order valence-electron chi connectivity index (χ1n) is 5.52. The molecule has 3 nitrogen and oxygen atoms in total. The number of nitrogens with two attached hydrogens (primary N) is 1. The minimum atomic E-state index is 0.447. The number of aromatic nitrogens is 1. The van der Waals surface area contributed by atoms with E-state index in [1.54, 1.807) is 0 Å². The van der Waals surface area contributed by atoms with E-state index in [-0.39, 0.29) is 0 Å². The van der Waals surface area contributed by atoms with Gasteiger partial charge in [-0.3, -0.25) is 0 Å². The Morgan fingerprint density at radius 3 is 2.93 bits per heavy atom. The molecular formula is C11H16N2O. The van der Waals surface area contributed by atoms with Crippen molar-refractivity contribution in [3.63, 3.8) is 0 Å². The molecule has 14 heavy (non-hydrogen) atoms. The van der Waals surface area contributed by atoms with E-state index in [9.17, 15) is 0 Å². The van der Waals surface area contributed by atoms with Crippen molar-refractivity contribution in [2.24, 2.45) is 17.8 Å². The number of nitrogens with zero attached hydrogens (tertiary/aromatic N) is 1. The lowest BCUT2D eigenvalue weighted by Crippen LogP contribution is -2.13. The third-order valence-electron chi connectivity index (χ3n) is 3.93. The van der Waals surface area contributed by atoms with Gasteiger partial charge in [-0.2, -0.15) is 0 Å². The van der Waals surface area contributed by atoms with Crippen molar-refractivity contribution in [2.45, 2.75) is 32.1 Å². The summed E-state index contributed by atoms with van der Waals surface area (Å²) in [5.41, 5.74) is 6.54. The average Bonchev–Trinajstić information content (AvgIpc) is 2.82. The van der Waals surface area contributed by atoms with Crippen LogP contribution >= 0.6 is 0 Å². The number of hydrogen-bond donors (Lipinski definition) is 1. The molecule has 0 spiro atoms. The van der Waals surface area contributed by atoms with Gasteiger partial charge in [0.25, 0.3) is 0 Å². The zero-order valence-corrected chi connectivity index (χ0v) is 8.28. The topological polar surface area (TPSA) is 52.0 Å². The average molecular weight is 192 g/mol. The molecule has 2 aliphatic carbocycles. The van der Waals surface area contributed by atoms with Gasteiger partial charge < -0.3 is 10.3 Å². The summed E-state index contributed by atoms with van der Waals surface area (Å²) in [6, 6.07) is 1.87. The van der Waals surface area contributed by atoms with Gasteiger partial charge in [0, 0.05) is 6.07 Å². The Balaban J connectivity index is 1.68. The molecule has 2 saturated carbocycles. The van der Waals surface area contributed by atoms with E-state index in [0.717, 1.165) is 29.9 Å². The Labute approximate surface area is 83.6 Å². The third kappa shape index (κ3) is 1.31. The Morgan fingerprint density at radius 1 is 1.43 bits per heavy atom. The molecule has 76 valence electrons. The molecule has 3 rings (SSSR count). The lowest BCUT2D eigenvalue weighted by molar-refractivity contribution is 0.322. The summed E-state index contributed by atoms with van der Waals surface area (Å²) >= 11 is 0. The number of rotatable bonds is 2. The second-order valence-electron chi connectivity index (χ2n) is 4.86. The molecule has 1 aromatic heterocycles. The number of fused-ring (bicyclic) bond motifs is 2. The predicted octanol–water partition coefficient (Wildman–Crippen LogP) is 2.24. The second-order valence-corrected chi connectivity index (χ2v) is 4.86. The smallest absolute Gasteiger partial charge is 0.222 e. The fourth-order valence-corrected chi connectivity index (χ4v) is 3.32. The zero-order valence-electron chi connectivity index (χ0n) is 8.28. The van der Waals surface area contributed by atoms with Crippen LogP contribution in [0.25, 0.3) is 0 Å². The highest BCUT2D eigenvalue weighted by molar-refractivity contribution is 5.24. The van der Waals surface area contributed by atoms with Crippen LogP contribution in [0.3, 0.4) is 0 Å². The highest BCUT2D eigenvalue weighted by atomic mass is 16.5. The second kappa shape index (κ2) is 3.01. The Hall–Kier alpha value is -0.990. The van der Waals surface area contributed by atoms with Crippen LogP contribution in [-0.4, -0.2) is 5.16 Å². The van der Waals surface area contributed by atoms with Crippen LogP contribution in [0.5, 0.6) is 0 Å². The molecule has 0 aliphatic heterocycles. The van der Waals surface area contributed by atoms with Gasteiger partial charge in [0.1, 0.15) is 0 Å². The van der Waals surface area contributed by atoms with Crippen molar-refractivity contribution < 1.29 is 4.52 Å². The molecule has 0 radical (unpaired) electrons. The maximum absolute atomic E-state index is 5.50. The van der Waals surface area contributed by atoms with E-state index in [0.29, 0.717) is 5.88 Å². The van der Waals surface area contributed by atoms with Crippen LogP contribution in [0.4, 0.5) is 5.88 Å². The van der Waals surface area contributed by atoms with Crippen molar-refractivity contribution in [1.82, 2.24) is 5.16 Å². The maximum atomic E-state index is 5.50. The lowest BCUT2D eigenvalue weighted by atomic mass is 9.85. The predicted molar refractivity (Wildman–Crippen MR) is 53.6 cm³/mol. The minimum Gasteiger partial charge on any atom is -0.368 e. The van der Waals surface area contributed by atoms with Gasteiger partial charge in [0.2, 0.25) is 5.88 Å². The van der Waals surface area contributed by atoms with Gasteiger partial charge in [-0.1, -0.05) is 11.6 Å². The lowest BCUT2D eigenvalue weighted by Gasteiger charge is -2.19. The summed E-state index contributed by atoms with van der Waals surface area (Å²) in [5.74, 6) is 3.26. The molecule has 2 bridgehead atoms. The van der Waals surface area contributed by atoms with Gasteiger partial charge in [-0.05, 0) is 43.4 Å². The van der Waals surface area contributed by atoms with Crippen LogP contribution < -0.4 is 5.73 Å². The fourth-order valence-electron chi connectivity index (χ4n) is 3.32. The van der Waals surface area contributed by atoms with Gasteiger partial charge >= 0.3 is 0 Å². The zero-order chi connectivity index (χ0) is 9.54. The van der Waals surface area contributed by atoms with Crippen molar-refractivity contribution in [2.75, 3.05) is 5.73 Å². The molecule has 2 aliphatic rings. The molecule has 1 aromatic rings. The van der Waals surface area contributed by atoms with E-state index < -0.39 is 0 Å². The van der Waals surface area contributed by atoms with Crippen molar-refractivity contribution in [3.05, 3.63) is 11.8 Å². The number of nitrogen functional groups attached to an aromatic ring is 1. The van der Waals surface area contributed by atoms with E-state index in [1.807, 2.05) is 6.07 Å². The van der Waals surface area contributed by atoms with E-state index >= 15 is 0 Å². The third-order valence-corrected chi connectivity index (χ3v) is 3.93. The molecular weight excluding hydrogens is 176 g/mol. The molecule has 0 aromatic carbocycles. The Bertz CT molecular complexity index is 334. The van der Waals surface area contributed by atoms with Crippen molar-refractivity contribution in [1.29, 1.82) is 0 Å². The molecule has 3 atom stereocenters. The monoisotopic (exact) mass is 192 g/mol. The minimum absolute atomic E-state index is 0.447. The van der Waals surface area contributed by atoms with Crippen LogP contribution in [0, 0.1) is 17.8 Å². The molecule has 0 amide bonds. The Morgan fingerprint density at radius 2 is 2.36 bits per heavy atom. The summed E-state index contributed by atoms with van der Waals surface area (Å²) in [6.45, 7) is 0. The first-order valence-corrected chi connectivity index (χ1v) is 5.52. The maximum Gasteiger partial charge on any atom is 0.222 e. The quantitative estimate of drug-likeness (QED) is 0.781. The largest absolute Gasteiger partial charge is 0.368 e. The Kier molecular flexibility index (Phi) is 1.79. The van der Waals surface area contributed by atoms with Crippen LogP contribution in [0.1, 0.15) is 31.4 Å². The fraction of sp³-hybridized carbons (Fsp3) is 0.727. The molecule has 2 N–H and O–H groups in total. The summed E-state index contributed by atoms with van der Waals surface area (Å²) in [6.07, 6.45) is 6.82. The summed E-state index contributed by atoms with van der Waals surface area (Å²) in [5, 5.41) is 3.96. The number of anilines is 1. The molecule has 2 fully saturated rings. The molecule has 0 saturated heterocycles. The normalized spacial score (nSPS) is 35.3. The molecule has 0 unspecified atom stereocenters. The van der Waals surface area contributed by atoms with E-state index in [1.165, 1.54) is 25.7 Å². The van der Waals surface area contributed by atoms with Gasteiger partial charge in [-0.25, -0.2) is 0 Å². The standard InChI is InChI=1S/C11H16N2O/c12-11-6-10(13-14-11)5-9-4-7-1-2-8(9)3-7/h6-9H,1-5,12H2/t7-,8-,9+/m1/s1. The van der Waals surface area contributed by atoms with Gasteiger partial charge in [0.05, 0.1) is 5.69 Å². The van der Waals surface area contributed by atoms with Gasteiger partial charge in [-0.15, -0.1) is 0 Å². The summed E-state index contributed by atoms with van der Waals surface area (Å²) in [4.78, 5) is 0. The van der Waals surface area contributed by atoms with Gasteiger partial charge in [0.15, 0.2) is 0 Å². The van der Waals surface area contributed by atoms with Crippen LogP contribution in [-0.2, 0) is 6.42 Å². The number of hydrogen-bond acceptors (Lipinski definition) is 3. The molecule has 1 heterocycles. The van der Waals surface area contributed by atoms with Crippen molar-refractivity contribution in [3.8, 4) is 0 Å². The van der Waals surface area contributed by atoms with Crippen LogP contribution in [0.15, 0.2) is 10.6 Å². The van der Waals surface area contributed by atoms with Crippen LogP contribution in [0.2, 0.25) is 0 Å². The first kappa shape index (κ1) is 8.33. The van der Waals surface area contributed by atoms with E-state index in [4.69, 9.17) is 10.3 Å². The van der Waals surface area contributed by atoms with Crippen molar-refractivity contribution >= 4 is 5.88 Å².